The number of phenols is 1. The van der Waals surface area contributed by atoms with Crippen molar-refractivity contribution in [3.05, 3.63) is 77.4 Å². The smallest absolute Gasteiger partial charge is 0.312 e. The van der Waals surface area contributed by atoms with Crippen LogP contribution in [0.1, 0.15) is 23.1 Å². The highest BCUT2D eigenvalue weighted by molar-refractivity contribution is 5.93. The molecule has 3 aromatic carbocycles. The number of hydrogen-bond donors (Lipinski definition) is 3. The van der Waals surface area contributed by atoms with Gasteiger partial charge >= 0.3 is 5.97 Å². The van der Waals surface area contributed by atoms with Crippen LogP contribution in [0.15, 0.2) is 60.7 Å². The molecule has 0 saturated heterocycles. The van der Waals surface area contributed by atoms with Crippen molar-refractivity contribution < 1.29 is 24.6 Å². The number of phenolic OH excluding ortho intramolecular Hbond substituents is 1. The number of nitrogens with one attached hydrogen (secondary N) is 1. The second kappa shape index (κ2) is 7.80. The molecule has 1 aliphatic carbocycles. The van der Waals surface area contributed by atoms with Crippen LogP contribution in [-0.4, -0.2) is 29.3 Å². The monoisotopic (exact) mass is 405 g/mol. The zero-order valence-electron chi connectivity index (χ0n) is 16.6. The Kier molecular flexibility index (Phi) is 5.18. The van der Waals surface area contributed by atoms with E-state index in [1.54, 1.807) is 17.6 Å². The van der Waals surface area contributed by atoms with E-state index in [1.165, 1.54) is 7.11 Å². The minimum atomic E-state index is -0.991. The molecule has 1 aliphatic rings. The molecule has 2 atom stereocenters. The molecule has 0 bridgehead atoms. The number of fused-ring (bicyclic) bond motifs is 1. The molecule has 4 rings (SSSR count). The van der Waals surface area contributed by atoms with Gasteiger partial charge in [-0.3, -0.25) is 14.8 Å². The number of carbonyl (C=O) groups excluding carboxylic acids is 2. The van der Waals surface area contributed by atoms with Crippen LogP contribution in [0.4, 0.5) is 0 Å². The fraction of sp³-hybridized carbons (Fsp3) is 0.250. The van der Waals surface area contributed by atoms with Crippen molar-refractivity contribution in [2.75, 3.05) is 7.11 Å². The summed E-state index contributed by atoms with van der Waals surface area (Å²) in [5, 5.41) is 21.6. The predicted molar refractivity (Wildman–Crippen MR) is 111 cm³/mol. The van der Waals surface area contributed by atoms with Gasteiger partial charge in [0, 0.05) is 6.42 Å². The Labute approximate surface area is 174 Å². The molecule has 30 heavy (non-hydrogen) atoms. The second-order valence-electron chi connectivity index (χ2n) is 7.84. The molecule has 6 heteroatoms. The second-order valence-corrected chi connectivity index (χ2v) is 7.84. The van der Waals surface area contributed by atoms with Crippen LogP contribution in [0.3, 0.4) is 0 Å². The summed E-state index contributed by atoms with van der Waals surface area (Å²) in [6.07, 6.45) is 1.14. The SMILES string of the molecule is COC(=O)[C@@]1(Cc2ccc(O)c(Cc3cccc4ccccc34)c2)C[C@@H]1C(=O)NO. The van der Waals surface area contributed by atoms with Crippen LogP contribution in [0.2, 0.25) is 0 Å². The molecule has 0 aromatic heterocycles. The van der Waals surface area contributed by atoms with Gasteiger partial charge in [-0.2, -0.15) is 0 Å². The van der Waals surface area contributed by atoms with Crippen LogP contribution in [0.5, 0.6) is 5.75 Å². The highest BCUT2D eigenvalue weighted by Crippen LogP contribution is 2.56. The van der Waals surface area contributed by atoms with Gasteiger partial charge < -0.3 is 9.84 Å². The van der Waals surface area contributed by atoms with Crippen molar-refractivity contribution in [1.29, 1.82) is 0 Å². The molecule has 0 aliphatic heterocycles. The van der Waals surface area contributed by atoms with Crippen LogP contribution < -0.4 is 5.48 Å². The maximum Gasteiger partial charge on any atom is 0.312 e. The van der Waals surface area contributed by atoms with Gasteiger partial charge in [-0.15, -0.1) is 0 Å². The number of carbonyl (C=O) groups is 2. The Hall–Kier alpha value is -3.38. The molecule has 6 nitrogen and oxygen atoms in total. The number of rotatable bonds is 6. The van der Waals surface area contributed by atoms with Crippen LogP contribution in [0.25, 0.3) is 10.8 Å². The lowest BCUT2D eigenvalue weighted by atomic mass is 9.91. The Morgan fingerprint density at radius 1 is 1.10 bits per heavy atom. The van der Waals surface area contributed by atoms with E-state index in [-0.39, 0.29) is 5.75 Å². The Balaban J connectivity index is 1.63. The Morgan fingerprint density at radius 2 is 1.87 bits per heavy atom. The molecule has 3 aromatic rings. The van der Waals surface area contributed by atoms with E-state index < -0.39 is 23.2 Å². The van der Waals surface area contributed by atoms with E-state index in [9.17, 15) is 14.7 Å². The molecule has 0 heterocycles. The van der Waals surface area contributed by atoms with Gasteiger partial charge in [-0.05, 0) is 46.4 Å². The summed E-state index contributed by atoms with van der Waals surface area (Å²) in [5.41, 5.74) is 3.29. The highest BCUT2D eigenvalue weighted by atomic mass is 16.5. The van der Waals surface area contributed by atoms with Crippen molar-refractivity contribution in [3.63, 3.8) is 0 Å². The van der Waals surface area contributed by atoms with Crippen molar-refractivity contribution >= 4 is 22.6 Å². The first-order valence-electron chi connectivity index (χ1n) is 9.78. The molecular weight excluding hydrogens is 382 g/mol. The van der Waals surface area contributed by atoms with Crippen molar-refractivity contribution in [1.82, 2.24) is 5.48 Å². The molecule has 0 radical (unpaired) electrons. The van der Waals surface area contributed by atoms with E-state index in [0.717, 1.165) is 27.5 Å². The van der Waals surface area contributed by atoms with Crippen molar-refractivity contribution in [2.24, 2.45) is 11.3 Å². The summed E-state index contributed by atoms with van der Waals surface area (Å²) in [4.78, 5) is 24.3. The number of amides is 1. The third kappa shape index (κ3) is 3.50. The van der Waals surface area contributed by atoms with Gasteiger partial charge in [0.1, 0.15) is 5.75 Å². The number of methoxy groups -OCH3 is 1. The Morgan fingerprint density at radius 3 is 2.63 bits per heavy atom. The van der Waals surface area contributed by atoms with E-state index in [0.29, 0.717) is 19.3 Å². The van der Waals surface area contributed by atoms with Crippen LogP contribution in [-0.2, 0) is 27.2 Å². The van der Waals surface area contributed by atoms with Crippen molar-refractivity contribution in [3.8, 4) is 5.75 Å². The maximum atomic E-state index is 12.4. The number of hydrogen-bond acceptors (Lipinski definition) is 5. The topological polar surface area (TPSA) is 95.9 Å². The molecule has 0 unspecified atom stereocenters. The first kappa shape index (κ1) is 19.9. The zero-order chi connectivity index (χ0) is 21.3. The average Bonchev–Trinajstić information content (AvgIpc) is 3.50. The predicted octanol–water partition coefficient (Wildman–Crippen LogP) is 3.36. The molecule has 3 N–H and O–H groups in total. The first-order valence-corrected chi connectivity index (χ1v) is 9.78. The van der Waals surface area contributed by atoms with Crippen molar-refractivity contribution in [2.45, 2.75) is 19.3 Å². The van der Waals surface area contributed by atoms with Gasteiger partial charge in [0.05, 0.1) is 18.4 Å². The Bertz CT molecular complexity index is 1120. The average molecular weight is 405 g/mol. The largest absolute Gasteiger partial charge is 0.508 e. The van der Waals surface area contributed by atoms with Crippen LogP contribution in [0, 0.1) is 11.3 Å². The number of aromatic hydroxyl groups is 1. The summed E-state index contributed by atoms with van der Waals surface area (Å²) in [5.74, 6) is -1.51. The van der Waals surface area contributed by atoms with Crippen LogP contribution >= 0.6 is 0 Å². The summed E-state index contributed by atoms with van der Waals surface area (Å²) in [7, 11) is 1.29. The minimum absolute atomic E-state index is 0.180. The number of esters is 1. The fourth-order valence-electron chi connectivity index (χ4n) is 4.33. The van der Waals surface area contributed by atoms with Gasteiger partial charge in [0.25, 0.3) is 0 Å². The quantitative estimate of drug-likeness (QED) is 0.332. The van der Waals surface area contributed by atoms with E-state index >= 15 is 0 Å². The molecule has 1 saturated carbocycles. The first-order chi connectivity index (χ1) is 14.5. The minimum Gasteiger partial charge on any atom is -0.508 e. The van der Waals surface area contributed by atoms with Gasteiger partial charge in [-0.25, -0.2) is 5.48 Å². The molecule has 0 spiro atoms. The zero-order valence-corrected chi connectivity index (χ0v) is 16.6. The van der Waals surface area contributed by atoms with E-state index in [2.05, 4.69) is 18.2 Å². The van der Waals surface area contributed by atoms with Gasteiger partial charge in [0.15, 0.2) is 0 Å². The fourth-order valence-corrected chi connectivity index (χ4v) is 4.33. The third-order valence-corrected chi connectivity index (χ3v) is 6.02. The number of ether oxygens (including phenoxy) is 1. The number of hydroxylamine groups is 1. The van der Waals surface area contributed by atoms with Gasteiger partial charge in [0.2, 0.25) is 5.91 Å². The summed E-state index contributed by atoms with van der Waals surface area (Å²) in [6.45, 7) is 0. The maximum absolute atomic E-state index is 12.4. The van der Waals surface area contributed by atoms with E-state index in [1.807, 2.05) is 30.3 Å². The van der Waals surface area contributed by atoms with E-state index in [4.69, 9.17) is 9.94 Å². The molecular formula is C24H23NO5. The summed E-state index contributed by atoms with van der Waals surface area (Å²) in [6, 6.07) is 19.4. The lowest BCUT2D eigenvalue weighted by Crippen LogP contribution is -2.30. The summed E-state index contributed by atoms with van der Waals surface area (Å²) >= 11 is 0. The highest BCUT2D eigenvalue weighted by Gasteiger charge is 2.64. The summed E-state index contributed by atoms with van der Waals surface area (Å²) < 4.78 is 4.92. The molecule has 1 fully saturated rings. The van der Waals surface area contributed by atoms with Gasteiger partial charge in [-0.1, -0.05) is 54.6 Å². The lowest BCUT2D eigenvalue weighted by Gasteiger charge is -2.16. The molecule has 154 valence electrons. The standard InChI is InChI=1S/C24H23NO5/c1-30-23(28)24(14-20(24)22(27)25-29)13-15-9-10-21(26)18(11-15)12-17-7-4-6-16-5-2-3-8-19(16)17/h2-11,20,26,29H,12-14H2,1H3,(H,25,27)/t20-,24+/m1/s1. The lowest BCUT2D eigenvalue weighted by molar-refractivity contribution is -0.149. The third-order valence-electron chi connectivity index (χ3n) is 6.02. The molecule has 1 amide bonds. The normalized spacial score (nSPS) is 20.0. The number of benzene rings is 3.